The molecule has 1 aromatic rings. The molecule has 100 valence electrons. The molecule has 2 rings (SSSR count). The Morgan fingerprint density at radius 3 is 2.89 bits per heavy atom. The highest BCUT2D eigenvalue weighted by molar-refractivity contribution is 6.33. The van der Waals surface area contributed by atoms with Crippen molar-refractivity contribution >= 4 is 17.3 Å². The summed E-state index contributed by atoms with van der Waals surface area (Å²) in [5.74, 6) is -0.310. The monoisotopic (exact) mass is 272 g/mol. The third kappa shape index (κ3) is 2.76. The maximum Gasteiger partial charge on any atom is 0.125 e. The summed E-state index contributed by atoms with van der Waals surface area (Å²) < 4.78 is 18.7. The number of nitrogens with two attached hydrogens (primary N) is 1. The zero-order chi connectivity index (χ0) is 13.2. The van der Waals surface area contributed by atoms with Gasteiger partial charge < -0.3 is 15.8 Å². The summed E-state index contributed by atoms with van der Waals surface area (Å²) >= 11 is 6.04. The van der Waals surface area contributed by atoms with Crippen LogP contribution in [0.15, 0.2) is 18.2 Å². The van der Waals surface area contributed by atoms with Crippen LogP contribution in [0.5, 0.6) is 0 Å². The first-order valence-corrected chi connectivity index (χ1v) is 6.51. The van der Waals surface area contributed by atoms with Crippen molar-refractivity contribution in [2.24, 2.45) is 5.73 Å². The Labute approximate surface area is 111 Å². The second-order valence-electron chi connectivity index (χ2n) is 4.72. The lowest BCUT2D eigenvalue weighted by atomic mass is 9.74. The smallest absolute Gasteiger partial charge is 0.125 e. The Balaban J connectivity index is 2.05. The van der Waals surface area contributed by atoms with Crippen molar-refractivity contribution in [3.8, 4) is 0 Å². The number of ether oxygens (including phenoxy) is 1. The maximum atomic E-state index is 13.2. The quantitative estimate of drug-likeness (QED) is 0.866. The number of halogens is 2. The van der Waals surface area contributed by atoms with Gasteiger partial charge in [-0.3, -0.25) is 0 Å². The first kappa shape index (κ1) is 13.6. The van der Waals surface area contributed by atoms with Gasteiger partial charge in [0, 0.05) is 13.2 Å². The average Bonchev–Trinajstić information content (AvgIpc) is 2.30. The number of nitrogens with one attached hydrogen (secondary N) is 1. The molecule has 0 heterocycles. The molecule has 0 aromatic heterocycles. The Hall–Kier alpha value is -0.840. The number of hydrogen-bond donors (Lipinski definition) is 2. The van der Waals surface area contributed by atoms with E-state index >= 15 is 0 Å². The van der Waals surface area contributed by atoms with Crippen molar-refractivity contribution in [3.63, 3.8) is 0 Å². The molecule has 0 aliphatic heterocycles. The molecule has 0 radical (unpaired) electrons. The van der Waals surface area contributed by atoms with E-state index in [-0.39, 0.29) is 17.5 Å². The van der Waals surface area contributed by atoms with Gasteiger partial charge in [0.15, 0.2) is 0 Å². The van der Waals surface area contributed by atoms with Crippen molar-refractivity contribution in [2.75, 3.05) is 18.5 Å². The third-order valence-electron chi connectivity index (χ3n) is 3.36. The average molecular weight is 273 g/mol. The zero-order valence-electron chi connectivity index (χ0n) is 10.4. The van der Waals surface area contributed by atoms with E-state index in [4.69, 9.17) is 22.1 Å². The molecule has 0 atom stereocenters. The van der Waals surface area contributed by atoms with E-state index in [1.807, 2.05) is 6.92 Å². The molecule has 1 aliphatic rings. The molecule has 0 spiro atoms. The molecule has 5 heteroatoms. The van der Waals surface area contributed by atoms with Crippen LogP contribution in [0.4, 0.5) is 10.1 Å². The van der Waals surface area contributed by atoms with E-state index in [0.29, 0.717) is 23.9 Å². The first-order valence-electron chi connectivity index (χ1n) is 6.13. The van der Waals surface area contributed by atoms with Crippen LogP contribution >= 0.6 is 11.6 Å². The Morgan fingerprint density at radius 2 is 2.28 bits per heavy atom. The van der Waals surface area contributed by atoms with E-state index < -0.39 is 0 Å². The van der Waals surface area contributed by atoms with Gasteiger partial charge in [0.25, 0.3) is 0 Å². The van der Waals surface area contributed by atoms with E-state index in [2.05, 4.69) is 5.32 Å². The minimum atomic E-state index is -0.310. The van der Waals surface area contributed by atoms with Gasteiger partial charge in [-0.25, -0.2) is 4.39 Å². The molecule has 1 aliphatic carbocycles. The van der Waals surface area contributed by atoms with Crippen LogP contribution in [0.2, 0.25) is 5.02 Å². The Kier molecular flexibility index (Phi) is 4.10. The van der Waals surface area contributed by atoms with Gasteiger partial charge >= 0.3 is 0 Å². The molecule has 0 amide bonds. The number of rotatable bonds is 5. The second kappa shape index (κ2) is 5.43. The fraction of sp³-hybridized carbons (Fsp3) is 0.538. The van der Waals surface area contributed by atoms with Crippen LogP contribution in [0.1, 0.15) is 19.8 Å². The predicted octanol–water partition coefficient (Wildman–Crippen LogP) is 2.79. The molecular formula is C13H18ClFN2O. The molecule has 0 unspecified atom stereocenters. The summed E-state index contributed by atoms with van der Waals surface area (Å²) in [6.07, 6.45) is 1.88. The van der Waals surface area contributed by atoms with Crippen LogP contribution in [-0.4, -0.2) is 24.8 Å². The normalized spacial score (nSPS) is 26.8. The molecule has 0 bridgehead atoms. The standard InChI is InChI=1S/C13H18ClFN2O/c1-2-18-10-6-13(7-10,8-16)17-12-5-9(15)3-4-11(12)14/h3-5,10,17H,2,6-8,16H2,1H3. The molecule has 1 saturated carbocycles. The first-order chi connectivity index (χ1) is 8.58. The van der Waals surface area contributed by atoms with Crippen LogP contribution in [0, 0.1) is 5.82 Å². The van der Waals surface area contributed by atoms with Crippen LogP contribution in [0.3, 0.4) is 0 Å². The number of benzene rings is 1. The van der Waals surface area contributed by atoms with E-state index in [0.717, 1.165) is 12.8 Å². The van der Waals surface area contributed by atoms with Crippen LogP contribution < -0.4 is 11.1 Å². The molecule has 3 nitrogen and oxygen atoms in total. The summed E-state index contributed by atoms with van der Waals surface area (Å²) in [4.78, 5) is 0. The van der Waals surface area contributed by atoms with Crippen molar-refractivity contribution in [3.05, 3.63) is 29.0 Å². The summed E-state index contributed by atoms with van der Waals surface area (Å²) in [7, 11) is 0. The van der Waals surface area contributed by atoms with E-state index in [9.17, 15) is 4.39 Å². The van der Waals surface area contributed by atoms with Gasteiger partial charge in [0.1, 0.15) is 5.82 Å². The van der Waals surface area contributed by atoms with Crippen LogP contribution in [-0.2, 0) is 4.74 Å². The van der Waals surface area contributed by atoms with Gasteiger partial charge in [-0.1, -0.05) is 11.6 Å². The highest BCUT2D eigenvalue weighted by Gasteiger charge is 2.44. The highest BCUT2D eigenvalue weighted by atomic mass is 35.5. The molecule has 0 saturated heterocycles. The van der Waals surface area contributed by atoms with E-state index in [1.165, 1.54) is 12.1 Å². The summed E-state index contributed by atoms with van der Waals surface area (Å²) in [6, 6.07) is 4.28. The molecule has 18 heavy (non-hydrogen) atoms. The molecule has 3 N–H and O–H groups in total. The topological polar surface area (TPSA) is 47.3 Å². The zero-order valence-corrected chi connectivity index (χ0v) is 11.1. The maximum absolute atomic E-state index is 13.2. The van der Waals surface area contributed by atoms with Gasteiger partial charge in [-0.15, -0.1) is 0 Å². The largest absolute Gasteiger partial charge is 0.378 e. The lowest BCUT2D eigenvalue weighted by Crippen LogP contribution is -2.58. The van der Waals surface area contributed by atoms with Crippen LogP contribution in [0.25, 0.3) is 0 Å². The SMILES string of the molecule is CCOC1CC(CN)(Nc2cc(F)ccc2Cl)C1. The lowest BCUT2D eigenvalue weighted by Gasteiger charge is -2.47. The van der Waals surface area contributed by atoms with Crippen molar-refractivity contribution in [2.45, 2.75) is 31.4 Å². The van der Waals surface area contributed by atoms with Gasteiger partial charge in [-0.2, -0.15) is 0 Å². The van der Waals surface area contributed by atoms with Gasteiger partial charge in [0.2, 0.25) is 0 Å². The Bertz CT molecular complexity index is 421. The fourth-order valence-electron chi connectivity index (χ4n) is 2.36. The highest BCUT2D eigenvalue weighted by Crippen LogP contribution is 2.38. The summed E-state index contributed by atoms with van der Waals surface area (Å²) in [5, 5.41) is 3.77. The molecule has 1 fully saturated rings. The fourth-order valence-corrected chi connectivity index (χ4v) is 2.53. The van der Waals surface area contributed by atoms with Gasteiger partial charge in [-0.05, 0) is 38.0 Å². The van der Waals surface area contributed by atoms with Gasteiger partial charge in [0.05, 0.1) is 22.4 Å². The minimum Gasteiger partial charge on any atom is -0.378 e. The Morgan fingerprint density at radius 1 is 1.56 bits per heavy atom. The molecular weight excluding hydrogens is 255 g/mol. The minimum absolute atomic E-state index is 0.225. The van der Waals surface area contributed by atoms with E-state index in [1.54, 1.807) is 6.07 Å². The number of anilines is 1. The summed E-state index contributed by atoms with van der Waals surface area (Å²) in [6.45, 7) is 3.15. The predicted molar refractivity (Wildman–Crippen MR) is 71.5 cm³/mol. The van der Waals surface area contributed by atoms with Crippen molar-refractivity contribution in [1.82, 2.24) is 0 Å². The van der Waals surface area contributed by atoms with Crippen molar-refractivity contribution in [1.29, 1.82) is 0 Å². The lowest BCUT2D eigenvalue weighted by molar-refractivity contribution is -0.0271. The second-order valence-corrected chi connectivity index (χ2v) is 5.13. The number of hydrogen-bond acceptors (Lipinski definition) is 3. The summed E-state index contributed by atoms with van der Waals surface area (Å²) in [5.41, 5.74) is 6.18. The third-order valence-corrected chi connectivity index (χ3v) is 3.69. The molecule has 1 aromatic carbocycles. The van der Waals surface area contributed by atoms with Crippen molar-refractivity contribution < 1.29 is 9.13 Å².